The van der Waals surface area contributed by atoms with Gasteiger partial charge in [-0.25, -0.2) is 0 Å². The van der Waals surface area contributed by atoms with Crippen LogP contribution in [0.3, 0.4) is 0 Å². The van der Waals surface area contributed by atoms with Crippen molar-refractivity contribution in [2.24, 2.45) is 0 Å². The zero-order chi connectivity index (χ0) is 18.6. The number of nitrogens with zero attached hydrogens (tertiary/aromatic N) is 2. The Morgan fingerprint density at radius 3 is 2.78 bits per heavy atom. The molecule has 0 fully saturated rings. The lowest BCUT2D eigenvalue weighted by molar-refractivity contribution is -0.121. The van der Waals surface area contributed by atoms with E-state index in [-0.39, 0.29) is 17.2 Å². The molecule has 1 amide bonds. The molecule has 4 rings (SSSR count). The molecule has 138 valence electrons. The third-order valence-corrected chi connectivity index (χ3v) is 5.69. The van der Waals surface area contributed by atoms with Gasteiger partial charge in [0.15, 0.2) is 0 Å². The zero-order valence-electron chi connectivity index (χ0n) is 15.1. The number of aryl methyl sites for hydroxylation is 1. The van der Waals surface area contributed by atoms with Crippen molar-refractivity contribution in [2.45, 2.75) is 42.7 Å². The van der Waals surface area contributed by atoms with Gasteiger partial charge in [0.2, 0.25) is 11.8 Å². The van der Waals surface area contributed by atoms with Crippen molar-refractivity contribution in [3.05, 3.63) is 65.7 Å². The molecule has 0 saturated heterocycles. The largest absolute Gasteiger partial charge is 0.411 e. The van der Waals surface area contributed by atoms with Gasteiger partial charge in [0.1, 0.15) is 0 Å². The summed E-state index contributed by atoms with van der Waals surface area (Å²) in [5.41, 5.74) is 3.44. The molecule has 0 spiro atoms. The predicted molar refractivity (Wildman–Crippen MR) is 105 cm³/mol. The summed E-state index contributed by atoms with van der Waals surface area (Å²) in [7, 11) is 0. The van der Waals surface area contributed by atoms with Crippen molar-refractivity contribution in [3.8, 4) is 11.5 Å². The lowest BCUT2D eigenvalue weighted by Crippen LogP contribution is -2.35. The summed E-state index contributed by atoms with van der Waals surface area (Å²) in [5.74, 6) is 0.452. The minimum Gasteiger partial charge on any atom is -0.411 e. The Morgan fingerprint density at radius 2 is 1.93 bits per heavy atom. The average molecular weight is 379 g/mol. The van der Waals surface area contributed by atoms with Crippen LogP contribution < -0.4 is 5.32 Å². The zero-order valence-corrected chi connectivity index (χ0v) is 15.9. The highest BCUT2D eigenvalue weighted by Crippen LogP contribution is 2.31. The Hall–Kier alpha value is -2.60. The van der Waals surface area contributed by atoms with Crippen molar-refractivity contribution < 1.29 is 9.21 Å². The van der Waals surface area contributed by atoms with Crippen LogP contribution in [-0.2, 0) is 11.2 Å². The summed E-state index contributed by atoms with van der Waals surface area (Å²) in [6.45, 7) is 1.86. The summed E-state index contributed by atoms with van der Waals surface area (Å²) in [6, 6.07) is 18.0. The molecule has 0 saturated carbocycles. The molecule has 3 aromatic rings. The van der Waals surface area contributed by atoms with Gasteiger partial charge in [-0.15, -0.1) is 10.2 Å². The van der Waals surface area contributed by atoms with E-state index in [9.17, 15) is 4.79 Å². The smallest absolute Gasteiger partial charge is 0.277 e. The van der Waals surface area contributed by atoms with E-state index in [0.29, 0.717) is 11.1 Å². The number of carbonyl (C=O) groups excluding carboxylic acids is 1. The Bertz CT molecular complexity index is 926. The number of thioether (sulfide) groups is 1. The van der Waals surface area contributed by atoms with Crippen LogP contribution in [-0.4, -0.2) is 21.4 Å². The molecule has 1 aliphatic rings. The van der Waals surface area contributed by atoms with E-state index >= 15 is 0 Å². The van der Waals surface area contributed by atoms with Crippen LogP contribution in [0.25, 0.3) is 11.5 Å². The van der Waals surface area contributed by atoms with Crippen LogP contribution in [0.1, 0.15) is 36.9 Å². The van der Waals surface area contributed by atoms with Crippen LogP contribution in [0.2, 0.25) is 0 Å². The van der Waals surface area contributed by atoms with Crippen LogP contribution in [0.15, 0.2) is 64.2 Å². The van der Waals surface area contributed by atoms with Gasteiger partial charge in [0, 0.05) is 5.56 Å². The van der Waals surface area contributed by atoms with Crippen molar-refractivity contribution in [2.75, 3.05) is 0 Å². The number of fused-ring (bicyclic) bond motifs is 1. The van der Waals surface area contributed by atoms with E-state index in [1.54, 1.807) is 0 Å². The monoisotopic (exact) mass is 379 g/mol. The Labute approximate surface area is 162 Å². The molecule has 0 unspecified atom stereocenters. The number of hydrogen-bond donors (Lipinski definition) is 1. The van der Waals surface area contributed by atoms with Gasteiger partial charge >= 0.3 is 0 Å². The maximum atomic E-state index is 12.7. The summed E-state index contributed by atoms with van der Waals surface area (Å²) < 4.78 is 5.70. The number of benzene rings is 2. The van der Waals surface area contributed by atoms with Crippen LogP contribution in [0.5, 0.6) is 0 Å². The summed E-state index contributed by atoms with van der Waals surface area (Å²) >= 11 is 1.28. The van der Waals surface area contributed by atoms with Gasteiger partial charge in [0.25, 0.3) is 5.22 Å². The summed E-state index contributed by atoms with van der Waals surface area (Å²) in [5, 5.41) is 11.4. The number of amides is 1. The van der Waals surface area contributed by atoms with E-state index in [0.717, 1.165) is 24.8 Å². The Kier molecular flexibility index (Phi) is 5.25. The summed E-state index contributed by atoms with van der Waals surface area (Å²) in [4.78, 5) is 12.7. The molecule has 0 aliphatic heterocycles. The number of aromatic nitrogens is 2. The molecule has 1 heterocycles. The van der Waals surface area contributed by atoms with Gasteiger partial charge in [-0.1, -0.05) is 54.2 Å². The highest BCUT2D eigenvalue weighted by atomic mass is 32.2. The lowest BCUT2D eigenvalue weighted by Gasteiger charge is -2.27. The molecule has 2 atom stereocenters. The van der Waals surface area contributed by atoms with E-state index in [1.807, 2.05) is 43.3 Å². The quantitative estimate of drug-likeness (QED) is 0.665. The first-order valence-electron chi connectivity index (χ1n) is 9.14. The highest BCUT2D eigenvalue weighted by Gasteiger charge is 2.25. The molecule has 0 radical (unpaired) electrons. The standard InChI is InChI=1S/C21H21N3O2S/c1-14(27-21-24-23-20(26-21)16-9-3-2-4-10-16)19(25)22-18-13-7-11-15-8-5-6-12-17(15)18/h2-6,8-10,12,14,18H,7,11,13H2,1H3,(H,22,25)/t14-,18+/m1/s1. The van der Waals surface area contributed by atoms with Gasteiger partial charge in [0.05, 0.1) is 11.3 Å². The molecule has 2 aromatic carbocycles. The van der Waals surface area contributed by atoms with E-state index in [1.165, 1.54) is 22.9 Å². The molecular formula is C21H21N3O2S. The third kappa shape index (κ3) is 4.06. The van der Waals surface area contributed by atoms with E-state index < -0.39 is 0 Å². The molecular weight excluding hydrogens is 358 g/mol. The topological polar surface area (TPSA) is 68.0 Å². The van der Waals surface area contributed by atoms with Crippen molar-refractivity contribution in [1.29, 1.82) is 0 Å². The third-order valence-electron chi connectivity index (χ3n) is 4.76. The average Bonchev–Trinajstić information content (AvgIpc) is 3.17. The first-order chi connectivity index (χ1) is 13.2. The SMILES string of the molecule is C[C@@H](Sc1nnc(-c2ccccc2)o1)C(=O)N[C@H]1CCCc2ccccc21. The second-order valence-electron chi connectivity index (χ2n) is 6.65. The fourth-order valence-corrected chi connectivity index (χ4v) is 4.05. The minimum atomic E-state index is -0.317. The maximum Gasteiger partial charge on any atom is 0.277 e. The van der Waals surface area contributed by atoms with E-state index in [2.05, 4.69) is 33.7 Å². The van der Waals surface area contributed by atoms with Crippen molar-refractivity contribution in [3.63, 3.8) is 0 Å². The molecule has 5 nitrogen and oxygen atoms in total. The number of carbonyl (C=O) groups is 1. The normalized spacial score (nSPS) is 17.1. The molecule has 1 aromatic heterocycles. The van der Waals surface area contributed by atoms with Crippen molar-refractivity contribution >= 4 is 17.7 Å². The number of hydrogen-bond acceptors (Lipinski definition) is 5. The first kappa shape index (κ1) is 17.8. The van der Waals surface area contributed by atoms with Crippen molar-refractivity contribution in [1.82, 2.24) is 15.5 Å². The van der Waals surface area contributed by atoms with Gasteiger partial charge in [-0.2, -0.15) is 0 Å². The van der Waals surface area contributed by atoms with Crippen LogP contribution >= 0.6 is 11.8 Å². The van der Waals surface area contributed by atoms with Gasteiger partial charge in [-0.3, -0.25) is 4.79 Å². The predicted octanol–water partition coefficient (Wildman–Crippen LogP) is 4.41. The molecule has 6 heteroatoms. The molecule has 27 heavy (non-hydrogen) atoms. The van der Waals surface area contributed by atoms with Crippen LogP contribution in [0, 0.1) is 0 Å². The van der Waals surface area contributed by atoms with E-state index in [4.69, 9.17) is 4.42 Å². The first-order valence-corrected chi connectivity index (χ1v) is 10.0. The molecule has 1 N–H and O–H groups in total. The lowest BCUT2D eigenvalue weighted by atomic mass is 9.88. The Morgan fingerprint density at radius 1 is 1.15 bits per heavy atom. The minimum absolute atomic E-state index is 0.0128. The highest BCUT2D eigenvalue weighted by molar-refractivity contribution is 8.00. The maximum absolute atomic E-state index is 12.7. The summed E-state index contributed by atoms with van der Waals surface area (Å²) in [6.07, 6.45) is 3.14. The Balaban J connectivity index is 1.40. The fourth-order valence-electron chi connectivity index (χ4n) is 3.35. The van der Waals surface area contributed by atoms with Crippen LogP contribution in [0.4, 0.5) is 0 Å². The number of rotatable bonds is 5. The second-order valence-corrected chi connectivity index (χ2v) is 7.94. The number of nitrogens with one attached hydrogen (secondary N) is 1. The second kappa shape index (κ2) is 7.96. The van der Waals surface area contributed by atoms with Gasteiger partial charge in [-0.05, 0) is 49.4 Å². The molecule has 0 bridgehead atoms. The molecule has 1 aliphatic carbocycles. The fraction of sp³-hybridized carbons (Fsp3) is 0.286. The van der Waals surface area contributed by atoms with Gasteiger partial charge < -0.3 is 9.73 Å².